The first-order valence-electron chi connectivity index (χ1n) is 10.2. The monoisotopic (exact) mass is 481 g/mol. The van der Waals surface area contributed by atoms with Crippen molar-refractivity contribution in [3.8, 4) is 0 Å². The molecular weight excluding hydrogens is 461 g/mol. The summed E-state index contributed by atoms with van der Waals surface area (Å²) in [4.78, 5) is 25.5. The summed E-state index contributed by atoms with van der Waals surface area (Å²) >= 11 is 12.6. The number of halogens is 2. The molecule has 0 saturated carbocycles. The molecule has 0 aliphatic carbocycles. The molecular formula is C25H21Cl2N3O3. The summed E-state index contributed by atoms with van der Waals surface area (Å²) in [5.74, 6) is -0.796. The topological polar surface area (TPSA) is 93.5 Å². The number of benzene rings is 3. The van der Waals surface area contributed by atoms with Gasteiger partial charge in [0.05, 0.1) is 5.02 Å². The Morgan fingerprint density at radius 3 is 2.55 bits per heavy atom. The number of hydrogen-bond acceptors (Lipinski definition) is 5. The molecule has 0 radical (unpaired) electrons. The van der Waals surface area contributed by atoms with Crippen molar-refractivity contribution in [3.63, 3.8) is 0 Å². The van der Waals surface area contributed by atoms with E-state index in [2.05, 4.69) is 10.6 Å². The van der Waals surface area contributed by atoms with Crippen molar-refractivity contribution in [2.24, 2.45) is 0 Å². The molecule has 1 unspecified atom stereocenters. The van der Waals surface area contributed by atoms with Gasteiger partial charge < -0.3 is 21.1 Å². The Bertz CT molecular complexity index is 1210. The Morgan fingerprint density at radius 2 is 1.82 bits per heavy atom. The number of nitrogens with one attached hydrogen (secondary N) is 2. The molecule has 0 bridgehead atoms. The van der Waals surface area contributed by atoms with Gasteiger partial charge in [-0.05, 0) is 47.5 Å². The van der Waals surface area contributed by atoms with E-state index in [1.165, 1.54) is 6.08 Å². The van der Waals surface area contributed by atoms with Gasteiger partial charge in [0.25, 0.3) is 0 Å². The van der Waals surface area contributed by atoms with Crippen LogP contribution in [0.3, 0.4) is 0 Å². The summed E-state index contributed by atoms with van der Waals surface area (Å²) in [6, 6.07) is 18.8. The van der Waals surface area contributed by atoms with Crippen molar-refractivity contribution in [2.75, 3.05) is 16.4 Å². The van der Waals surface area contributed by atoms with E-state index in [9.17, 15) is 9.59 Å². The van der Waals surface area contributed by atoms with Gasteiger partial charge in [0, 0.05) is 40.1 Å². The van der Waals surface area contributed by atoms with Crippen LogP contribution >= 0.6 is 23.2 Å². The van der Waals surface area contributed by atoms with E-state index in [1.54, 1.807) is 36.4 Å². The molecule has 1 aliphatic rings. The number of carbonyl (C=O) groups excluding carboxylic acids is 2. The highest BCUT2D eigenvalue weighted by molar-refractivity contribution is 6.36. The average molecular weight is 482 g/mol. The minimum absolute atomic E-state index is 0.150. The SMILES string of the molecule is Nc1ccc(NC(=O)/C=C2\CC(C(=O)OCc3ccccc3)Nc3cc(Cl)cc(Cl)c32)cc1. The van der Waals surface area contributed by atoms with Crippen LogP contribution in [0, 0.1) is 0 Å². The van der Waals surface area contributed by atoms with Gasteiger partial charge in [-0.25, -0.2) is 4.79 Å². The van der Waals surface area contributed by atoms with Crippen LogP contribution in [0.5, 0.6) is 0 Å². The Labute approximate surface area is 201 Å². The predicted molar refractivity (Wildman–Crippen MR) is 132 cm³/mol. The van der Waals surface area contributed by atoms with Gasteiger partial charge in [0.2, 0.25) is 5.91 Å². The molecule has 8 heteroatoms. The molecule has 1 atom stereocenters. The Hall–Kier alpha value is -3.48. The number of nitrogens with two attached hydrogens (primary N) is 1. The highest BCUT2D eigenvalue weighted by atomic mass is 35.5. The van der Waals surface area contributed by atoms with Crippen molar-refractivity contribution in [1.29, 1.82) is 0 Å². The molecule has 168 valence electrons. The van der Waals surface area contributed by atoms with Crippen molar-refractivity contribution in [2.45, 2.75) is 19.1 Å². The fraction of sp³-hybridized carbons (Fsp3) is 0.120. The maximum Gasteiger partial charge on any atom is 0.329 e. The lowest BCUT2D eigenvalue weighted by Gasteiger charge is -2.28. The summed E-state index contributed by atoms with van der Waals surface area (Å²) in [6.45, 7) is 0.150. The number of carbonyl (C=O) groups is 2. The first-order valence-corrected chi connectivity index (χ1v) is 11.0. The standard InChI is InChI=1S/C25H21Cl2N3O3/c26-17-12-20(27)24-16(11-23(31)29-19-8-6-18(28)7-9-19)10-22(30-21(24)13-17)25(32)33-14-15-4-2-1-3-5-15/h1-9,11-13,22,30H,10,14,28H2,(H,29,31)/b16-11+. The maximum absolute atomic E-state index is 12.8. The number of rotatable bonds is 5. The van der Waals surface area contributed by atoms with Crippen LogP contribution in [-0.4, -0.2) is 17.9 Å². The summed E-state index contributed by atoms with van der Waals surface area (Å²) in [7, 11) is 0. The summed E-state index contributed by atoms with van der Waals surface area (Å²) in [6.07, 6.45) is 1.66. The second kappa shape index (κ2) is 9.98. The van der Waals surface area contributed by atoms with E-state index >= 15 is 0 Å². The smallest absolute Gasteiger partial charge is 0.329 e. The van der Waals surface area contributed by atoms with E-state index < -0.39 is 12.0 Å². The minimum atomic E-state index is -0.702. The number of amides is 1. The van der Waals surface area contributed by atoms with Gasteiger partial charge in [-0.2, -0.15) is 0 Å². The van der Waals surface area contributed by atoms with Gasteiger partial charge in [-0.1, -0.05) is 53.5 Å². The molecule has 3 aromatic rings. The van der Waals surface area contributed by atoms with Gasteiger partial charge in [0.1, 0.15) is 12.6 Å². The highest BCUT2D eigenvalue weighted by Crippen LogP contribution is 2.40. The Balaban J connectivity index is 1.57. The molecule has 1 amide bonds. The number of ether oxygens (including phenoxy) is 1. The third-order valence-electron chi connectivity index (χ3n) is 5.12. The lowest BCUT2D eigenvalue weighted by Crippen LogP contribution is -2.35. The van der Waals surface area contributed by atoms with Crippen molar-refractivity contribution in [3.05, 3.63) is 94.0 Å². The predicted octanol–water partition coefficient (Wildman–Crippen LogP) is 5.53. The van der Waals surface area contributed by atoms with Crippen molar-refractivity contribution < 1.29 is 14.3 Å². The van der Waals surface area contributed by atoms with Crippen LogP contribution in [0.1, 0.15) is 17.5 Å². The van der Waals surface area contributed by atoms with E-state index in [0.717, 1.165) is 5.56 Å². The van der Waals surface area contributed by atoms with E-state index in [1.807, 2.05) is 30.3 Å². The zero-order chi connectivity index (χ0) is 23.4. The fourth-order valence-corrected chi connectivity index (χ4v) is 4.19. The third kappa shape index (κ3) is 5.66. The first-order chi connectivity index (χ1) is 15.9. The van der Waals surface area contributed by atoms with Crippen LogP contribution in [0.2, 0.25) is 10.0 Å². The molecule has 0 aromatic heterocycles. The van der Waals surface area contributed by atoms with Crippen LogP contribution in [0.4, 0.5) is 17.1 Å². The third-order valence-corrected chi connectivity index (χ3v) is 5.64. The molecule has 33 heavy (non-hydrogen) atoms. The number of fused-ring (bicyclic) bond motifs is 1. The number of anilines is 3. The van der Waals surface area contributed by atoms with Crippen molar-refractivity contribution >= 4 is 57.7 Å². The zero-order valence-electron chi connectivity index (χ0n) is 17.5. The molecule has 0 spiro atoms. The van der Waals surface area contributed by atoms with E-state index in [-0.39, 0.29) is 18.9 Å². The Kier molecular flexibility index (Phi) is 6.87. The zero-order valence-corrected chi connectivity index (χ0v) is 19.0. The lowest BCUT2D eigenvalue weighted by molar-refractivity contribution is -0.145. The number of hydrogen-bond donors (Lipinski definition) is 3. The average Bonchev–Trinajstić information content (AvgIpc) is 2.79. The van der Waals surface area contributed by atoms with Gasteiger partial charge in [-0.3, -0.25) is 4.79 Å². The van der Waals surface area contributed by atoms with Gasteiger partial charge in [0.15, 0.2) is 0 Å². The quantitative estimate of drug-likeness (QED) is 0.253. The summed E-state index contributed by atoms with van der Waals surface area (Å²) in [5.41, 5.74) is 9.55. The fourth-order valence-electron chi connectivity index (χ4n) is 3.58. The van der Waals surface area contributed by atoms with Crippen LogP contribution in [-0.2, 0) is 20.9 Å². The number of esters is 1. The second-order valence-corrected chi connectivity index (χ2v) is 8.43. The first kappa shape index (κ1) is 22.7. The van der Waals surface area contributed by atoms with E-state index in [0.29, 0.717) is 38.2 Å². The molecule has 0 fully saturated rings. The largest absolute Gasteiger partial charge is 0.459 e. The second-order valence-electron chi connectivity index (χ2n) is 7.59. The van der Waals surface area contributed by atoms with Gasteiger partial charge >= 0.3 is 5.97 Å². The molecule has 6 nitrogen and oxygen atoms in total. The van der Waals surface area contributed by atoms with E-state index in [4.69, 9.17) is 33.7 Å². The number of nitrogen functional groups attached to an aromatic ring is 1. The minimum Gasteiger partial charge on any atom is -0.459 e. The summed E-state index contributed by atoms with van der Waals surface area (Å²) in [5, 5.41) is 6.73. The van der Waals surface area contributed by atoms with Crippen LogP contribution in [0.25, 0.3) is 5.57 Å². The maximum atomic E-state index is 12.8. The lowest BCUT2D eigenvalue weighted by atomic mass is 9.91. The molecule has 4 N–H and O–H groups in total. The molecule has 1 aliphatic heterocycles. The highest BCUT2D eigenvalue weighted by Gasteiger charge is 2.30. The van der Waals surface area contributed by atoms with Crippen molar-refractivity contribution in [1.82, 2.24) is 0 Å². The molecule has 1 heterocycles. The summed E-state index contributed by atoms with van der Waals surface area (Å²) < 4.78 is 5.50. The van der Waals surface area contributed by atoms with Crippen LogP contribution in [0.15, 0.2) is 72.8 Å². The Morgan fingerprint density at radius 1 is 1.09 bits per heavy atom. The molecule has 0 saturated heterocycles. The molecule has 4 rings (SSSR count). The van der Waals surface area contributed by atoms with Gasteiger partial charge in [-0.15, -0.1) is 0 Å². The molecule has 3 aromatic carbocycles. The van der Waals surface area contributed by atoms with Crippen LogP contribution < -0.4 is 16.4 Å². The normalized spacial score (nSPS) is 15.9.